The molecule has 142 valence electrons. The van der Waals surface area contributed by atoms with E-state index in [1.165, 1.54) is 13.2 Å². The molecule has 1 unspecified atom stereocenters. The van der Waals surface area contributed by atoms with Crippen LogP contribution in [-0.2, 0) is 0 Å². The van der Waals surface area contributed by atoms with Crippen molar-refractivity contribution in [2.45, 2.75) is 5.92 Å². The first-order valence-electron chi connectivity index (χ1n) is 8.63. The van der Waals surface area contributed by atoms with Crippen LogP contribution in [0.25, 0.3) is 11.0 Å². The minimum Gasteiger partial charge on any atom is -0.493 e. The summed E-state index contributed by atoms with van der Waals surface area (Å²) in [6.45, 7) is 0.294. The largest absolute Gasteiger partial charge is 0.493 e. The van der Waals surface area contributed by atoms with E-state index in [0.717, 1.165) is 10.6 Å². The molecule has 3 heterocycles. The number of carbonyl (C=O) groups is 1. The van der Waals surface area contributed by atoms with Gasteiger partial charge in [-0.05, 0) is 35.7 Å². The maximum atomic E-state index is 12.7. The van der Waals surface area contributed by atoms with Crippen LogP contribution in [0.2, 0.25) is 0 Å². The van der Waals surface area contributed by atoms with Crippen molar-refractivity contribution in [3.8, 4) is 5.75 Å². The zero-order valence-electron chi connectivity index (χ0n) is 15.0. The lowest BCUT2D eigenvalue weighted by molar-refractivity contribution is 0.0948. The molecule has 28 heavy (non-hydrogen) atoms. The standard InChI is InChI=1S/C21H17NO5S/c1-25-17-6-2-5-13-11-14(21(24)27-19(13)17)20(23)22-12-15(16-7-3-9-26-16)18-8-4-10-28-18/h2-11,15H,12H2,1H3,(H,22,23). The Balaban J connectivity index is 1.59. The Labute approximate surface area is 164 Å². The Morgan fingerprint density at radius 3 is 2.82 bits per heavy atom. The summed E-state index contributed by atoms with van der Waals surface area (Å²) < 4.78 is 16.1. The predicted octanol–water partition coefficient (Wildman–Crippen LogP) is 4.02. The second-order valence-electron chi connectivity index (χ2n) is 6.12. The smallest absolute Gasteiger partial charge is 0.349 e. The lowest BCUT2D eigenvalue weighted by Gasteiger charge is -2.14. The molecular weight excluding hydrogens is 378 g/mol. The summed E-state index contributed by atoms with van der Waals surface area (Å²) in [5.41, 5.74) is -0.441. The summed E-state index contributed by atoms with van der Waals surface area (Å²) in [5, 5.41) is 5.41. The van der Waals surface area contributed by atoms with Crippen LogP contribution < -0.4 is 15.7 Å². The Bertz CT molecular complexity index is 1110. The van der Waals surface area contributed by atoms with Crippen molar-refractivity contribution in [2.24, 2.45) is 0 Å². The van der Waals surface area contributed by atoms with Crippen LogP contribution in [0.5, 0.6) is 5.75 Å². The normalized spacial score (nSPS) is 12.0. The molecule has 0 aliphatic heterocycles. The highest BCUT2D eigenvalue weighted by atomic mass is 32.1. The molecule has 0 bridgehead atoms. The van der Waals surface area contributed by atoms with Crippen molar-refractivity contribution in [1.82, 2.24) is 5.32 Å². The van der Waals surface area contributed by atoms with E-state index in [2.05, 4.69) is 5.32 Å². The van der Waals surface area contributed by atoms with Gasteiger partial charge in [0.05, 0.1) is 19.3 Å². The van der Waals surface area contributed by atoms with E-state index in [-0.39, 0.29) is 11.5 Å². The highest BCUT2D eigenvalue weighted by Gasteiger charge is 2.21. The van der Waals surface area contributed by atoms with Gasteiger partial charge in [-0.3, -0.25) is 4.79 Å². The van der Waals surface area contributed by atoms with Crippen LogP contribution >= 0.6 is 11.3 Å². The molecule has 0 saturated heterocycles. The number of benzene rings is 1. The summed E-state index contributed by atoms with van der Waals surface area (Å²) in [7, 11) is 1.49. The Kier molecular flexibility index (Phi) is 4.99. The van der Waals surface area contributed by atoms with Crippen LogP contribution in [0.1, 0.15) is 26.9 Å². The molecule has 1 N–H and O–H groups in total. The van der Waals surface area contributed by atoms with Crippen LogP contribution in [0, 0.1) is 0 Å². The van der Waals surface area contributed by atoms with E-state index in [1.54, 1.807) is 35.8 Å². The monoisotopic (exact) mass is 395 g/mol. The van der Waals surface area contributed by atoms with E-state index >= 15 is 0 Å². The minimum atomic E-state index is -0.708. The second kappa shape index (κ2) is 7.74. The SMILES string of the molecule is COc1cccc2cc(C(=O)NCC(c3ccco3)c3cccs3)c(=O)oc12. The van der Waals surface area contributed by atoms with Gasteiger partial charge in [0.2, 0.25) is 0 Å². The summed E-state index contributed by atoms with van der Waals surface area (Å²) in [5.74, 6) is 0.563. The number of methoxy groups -OCH3 is 1. The van der Waals surface area contributed by atoms with Gasteiger partial charge in [0.25, 0.3) is 5.91 Å². The molecule has 6 nitrogen and oxygen atoms in total. The number of hydrogen-bond acceptors (Lipinski definition) is 6. The number of para-hydroxylation sites is 1. The summed E-state index contributed by atoms with van der Waals surface area (Å²) in [6, 6.07) is 14.4. The van der Waals surface area contributed by atoms with Gasteiger partial charge in [0.1, 0.15) is 11.3 Å². The summed E-state index contributed by atoms with van der Waals surface area (Å²) >= 11 is 1.58. The van der Waals surface area contributed by atoms with Crippen LogP contribution in [0.3, 0.4) is 0 Å². The van der Waals surface area contributed by atoms with E-state index in [9.17, 15) is 9.59 Å². The number of amides is 1. The molecule has 4 rings (SSSR count). The maximum Gasteiger partial charge on any atom is 0.349 e. The number of hydrogen-bond donors (Lipinski definition) is 1. The van der Waals surface area contributed by atoms with Gasteiger partial charge >= 0.3 is 5.63 Å². The van der Waals surface area contributed by atoms with Crippen LogP contribution in [-0.4, -0.2) is 19.6 Å². The first-order valence-corrected chi connectivity index (χ1v) is 9.51. The third-order valence-electron chi connectivity index (χ3n) is 4.43. The average molecular weight is 395 g/mol. The fourth-order valence-corrected chi connectivity index (χ4v) is 3.88. The summed E-state index contributed by atoms with van der Waals surface area (Å²) in [4.78, 5) is 26.1. The highest BCUT2D eigenvalue weighted by molar-refractivity contribution is 7.10. The molecule has 0 aliphatic carbocycles. The molecule has 0 saturated carbocycles. The third kappa shape index (κ3) is 3.44. The van der Waals surface area contributed by atoms with E-state index in [1.807, 2.05) is 29.6 Å². The third-order valence-corrected chi connectivity index (χ3v) is 5.41. The molecule has 3 aromatic heterocycles. The van der Waals surface area contributed by atoms with E-state index < -0.39 is 11.5 Å². The molecule has 0 fully saturated rings. The molecule has 0 aliphatic rings. The Morgan fingerprint density at radius 1 is 1.21 bits per heavy atom. The van der Waals surface area contributed by atoms with Crippen LogP contribution in [0.4, 0.5) is 0 Å². The molecule has 0 radical (unpaired) electrons. The zero-order valence-corrected chi connectivity index (χ0v) is 15.8. The predicted molar refractivity (Wildman–Crippen MR) is 106 cm³/mol. The van der Waals surface area contributed by atoms with Gasteiger partial charge in [-0.25, -0.2) is 4.79 Å². The number of fused-ring (bicyclic) bond motifs is 1. The van der Waals surface area contributed by atoms with Crippen LogP contribution in [0.15, 0.2) is 73.8 Å². The lowest BCUT2D eigenvalue weighted by Crippen LogP contribution is -2.31. The number of ether oxygens (including phenoxy) is 1. The quantitative estimate of drug-likeness (QED) is 0.499. The van der Waals surface area contributed by atoms with Gasteiger partial charge < -0.3 is 18.9 Å². The molecular formula is C21H17NO5S. The van der Waals surface area contributed by atoms with Gasteiger partial charge in [0, 0.05) is 16.8 Å². The molecule has 1 amide bonds. The fourth-order valence-electron chi connectivity index (χ4n) is 3.05. The van der Waals surface area contributed by atoms with Gasteiger partial charge in [-0.1, -0.05) is 18.2 Å². The molecule has 0 spiro atoms. The number of nitrogens with one attached hydrogen (secondary N) is 1. The van der Waals surface area contributed by atoms with E-state index in [0.29, 0.717) is 23.3 Å². The van der Waals surface area contributed by atoms with Crippen molar-refractivity contribution < 1.29 is 18.4 Å². The van der Waals surface area contributed by atoms with Crippen molar-refractivity contribution in [3.63, 3.8) is 0 Å². The summed E-state index contributed by atoms with van der Waals surface area (Å²) in [6.07, 6.45) is 1.60. The number of thiophene rings is 1. The topological polar surface area (TPSA) is 81.7 Å². The van der Waals surface area contributed by atoms with Crippen molar-refractivity contribution in [2.75, 3.05) is 13.7 Å². The maximum absolute atomic E-state index is 12.7. The van der Waals surface area contributed by atoms with Gasteiger partial charge in [-0.15, -0.1) is 11.3 Å². The van der Waals surface area contributed by atoms with Crippen molar-refractivity contribution >= 4 is 28.2 Å². The number of furan rings is 1. The van der Waals surface area contributed by atoms with Gasteiger partial charge in [-0.2, -0.15) is 0 Å². The fraction of sp³-hybridized carbons (Fsp3) is 0.143. The first kappa shape index (κ1) is 18.1. The number of rotatable bonds is 6. The Hall–Kier alpha value is -3.32. The zero-order chi connectivity index (χ0) is 19.5. The number of carbonyl (C=O) groups excluding carboxylic acids is 1. The van der Waals surface area contributed by atoms with Crippen molar-refractivity contribution in [1.29, 1.82) is 0 Å². The molecule has 1 aromatic carbocycles. The lowest BCUT2D eigenvalue weighted by atomic mass is 10.0. The van der Waals surface area contributed by atoms with Gasteiger partial charge in [0.15, 0.2) is 11.3 Å². The van der Waals surface area contributed by atoms with Crippen molar-refractivity contribution in [3.05, 3.63) is 86.8 Å². The molecule has 1 atom stereocenters. The molecule has 7 heteroatoms. The second-order valence-corrected chi connectivity index (χ2v) is 7.10. The Morgan fingerprint density at radius 2 is 2.11 bits per heavy atom. The molecule has 4 aromatic rings. The highest BCUT2D eigenvalue weighted by Crippen LogP contribution is 2.28. The average Bonchev–Trinajstić information content (AvgIpc) is 3.42. The first-order chi connectivity index (χ1) is 13.7. The minimum absolute atomic E-state index is 0.0508. The van der Waals surface area contributed by atoms with E-state index in [4.69, 9.17) is 13.6 Å².